The van der Waals surface area contributed by atoms with E-state index in [9.17, 15) is 0 Å². The van der Waals surface area contributed by atoms with Crippen molar-refractivity contribution in [3.05, 3.63) is 0 Å². The summed E-state index contributed by atoms with van der Waals surface area (Å²) in [7, 11) is 2.19. The normalized spacial score (nSPS) is 35.2. The lowest BCUT2D eigenvalue weighted by atomic mass is 10.2. The molecule has 0 amide bonds. The van der Waals surface area contributed by atoms with Crippen LogP contribution < -0.4 is 0 Å². The number of rotatable bonds is 3. The van der Waals surface area contributed by atoms with Gasteiger partial charge in [-0.05, 0) is 13.5 Å². The number of unbranched alkanes of at least 4 members (excludes halogenated alkanes) is 1. The molecular formula is C7H15N. The molecule has 0 aromatic rings. The predicted molar refractivity (Wildman–Crippen MR) is 35.9 cm³/mol. The van der Waals surface area contributed by atoms with Crippen molar-refractivity contribution in [2.75, 3.05) is 13.6 Å². The Morgan fingerprint density at radius 3 is 2.62 bits per heavy atom. The van der Waals surface area contributed by atoms with E-state index in [4.69, 9.17) is 0 Å². The molecule has 0 aliphatic carbocycles. The minimum absolute atomic E-state index is 0.954. The van der Waals surface area contributed by atoms with Crippen molar-refractivity contribution in [1.82, 2.24) is 4.90 Å². The van der Waals surface area contributed by atoms with Crippen molar-refractivity contribution in [2.24, 2.45) is 0 Å². The molecule has 0 spiro atoms. The van der Waals surface area contributed by atoms with Gasteiger partial charge in [0.25, 0.3) is 0 Å². The van der Waals surface area contributed by atoms with Gasteiger partial charge in [0.15, 0.2) is 0 Å². The van der Waals surface area contributed by atoms with E-state index in [0.717, 1.165) is 6.04 Å². The Morgan fingerprint density at radius 2 is 2.25 bits per heavy atom. The second kappa shape index (κ2) is 2.49. The molecule has 0 aromatic carbocycles. The lowest BCUT2D eigenvalue weighted by molar-refractivity contribution is 0.566. The van der Waals surface area contributed by atoms with Crippen LogP contribution in [0, 0.1) is 0 Å². The average molecular weight is 113 g/mol. The molecule has 0 radical (unpaired) electrons. The maximum Gasteiger partial charge on any atom is 0.0220 e. The third-order valence-electron chi connectivity index (χ3n) is 1.88. The zero-order valence-electron chi connectivity index (χ0n) is 5.85. The van der Waals surface area contributed by atoms with E-state index in [-0.39, 0.29) is 0 Å². The van der Waals surface area contributed by atoms with Crippen LogP contribution in [0.4, 0.5) is 0 Å². The summed E-state index contributed by atoms with van der Waals surface area (Å²) >= 11 is 0. The first-order valence-electron chi connectivity index (χ1n) is 3.55. The monoisotopic (exact) mass is 113 g/mol. The Labute approximate surface area is 51.7 Å². The van der Waals surface area contributed by atoms with E-state index in [0.29, 0.717) is 0 Å². The molecule has 1 fully saturated rings. The standard InChI is InChI=1S/C7H15N/c1-3-4-5-7-6-8(7)2/h7H,3-6H2,1-2H3. The Bertz CT molecular complexity index is 70.8. The third-order valence-corrected chi connectivity index (χ3v) is 1.88. The molecule has 0 aromatic heterocycles. The van der Waals surface area contributed by atoms with Crippen molar-refractivity contribution < 1.29 is 0 Å². The van der Waals surface area contributed by atoms with Crippen molar-refractivity contribution in [2.45, 2.75) is 32.2 Å². The molecule has 2 unspecified atom stereocenters. The summed E-state index contributed by atoms with van der Waals surface area (Å²) < 4.78 is 0. The molecule has 1 nitrogen and oxygen atoms in total. The molecular weight excluding hydrogens is 98.1 g/mol. The van der Waals surface area contributed by atoms with Gasteiger partial charge in [-0.3, -0.25) is 0 Å². The summed E-state index contributed by atoms with van der Waals surface area (Å²) in [5, 5.41) is 0. The van der Waals surface area contributed by atoms with Gasteiger partial charge in [0.05, 0.1) is 0 Å². The summed E-state index contributed by atoms with van der Waals surface area (Å²) in [5.41, 5.74) is 0. The summed E-state index contributed by atoms with van der Waals surface area (Å²) in [6, 6.07) is 0.954. The molecule has 1 heteroatoms. The number of hydrogen-bond acceptors (Lipinski definition) is 1. The van der Waals surface area contributed by atoms with E-state index < -0.39 is 0 Å². The number of likely N-dealkylation sites (N-methyl/N-ethyl adjacent to an activating group) is 1. The largest absolute Gasteiger partial charge is 0.301 e. The first kappa shape index (κ1) is 6.09. The fraction of sp³-hybridized carbons (Fsp3) is 1.00. The molecule has 0 saturated carbocycles. The third kappa shape index (κ3) is 1.48. The highest BCUT2D eigenvalue weighted by molar-refractivity contribution is 4.84. The van der Waals surface area contributed by atoms with E-state index in [1.54, 1.807) is 0 Å². The average Bonchev–Trinajstić information content (AvgIpc) is 2.42. The summed E-state index contributed by atoms with van der Waals surface area (Å²) in [5.74, 6) is 0. The van der Waals surface area contributed by atoms with Crippen LogP contribution in [0.25, 0.3) is 0 Å². The molecule has 1 rings (SSSR count). The smallest absolute Gasteiger partial charge is 0.0220 e. The maximum atomic E-state index is 2.40. The topological polar surface area (TPSA) is 3.01 Å². The van der Waals surface area contributed by atoms with Crippen LogP contribution in [-0.2, 0) is 0 Å². The fourth-order valence-corrected chi connectivity index (χ4v) is 1.04. The van der Waals surface area contributed by atoms with Crippen molar-refractivity contribution in [3.63, 3.8) is 0 Å². The van der Waals surface area contributed by atoms with Gasteiger partial charge in [-0.15, -0.1) is 0 Å². The van der Waals surface area contributed by atoms with Crippen LogP contribution in [0.15, 0.2) is 0 Å². The Balaban J connectivity index is 1.89. The second-order valence-corrected chi connectivity index (χ2v) is 2.74. The van der Waals surface area contributed by atoms with Gasteiger partial charge >= 0.3 is 0 Å². The Morgan fingerprint density at radius 1 is 1.62 bits per heavy atom. The molecule has 1 saturated heterocycles. The van der Waals surface area contributed by atoms with Gasteiger partial charge in [-0.25, -0.2) is 0 Å². The highest BCUT2D eigenvalue weighted by Crippen LogP contribution is 2.19. The van der Waals surface area contributed by atoms with E-state index >= 15 is 0 Å². The van der Waals surface area contributed by atoms with Gasteiger partial charge in [-0.2, -0.15) is 0 Å². The molecule has 2 atom stereocenters. The fourth-order valence-electron chi connectivity index (χ4n) is 1.04. The van der Waals surface area contributed by atoms with Crippen LogP contribution in [0.3, 0.4) is 0 Å². The minimum atomic E-state index is 0.954. The Hall–Kier alpha value is -0.0400. The van der Waals surface area contributed by atoms with E-state index in [2.05, 4.69) is 18.9 Å². The van der Waals surface area contributed by atoms with Crippen molar-refractivity contribution >= 4 is 0 Å². The lowest BCUT2D eigenvalue weighted by Crippen LogP contribution is -1.92. The van der Waals surface area contributed by atoms with Crippen LogP contribution in [0.1, 0.15) is 26.2 Å². The quantitative estimate of drug-likeness (QED) is 0.501. The SMILES string of the molecule is CCCCC1CN1C. The zero-order chi connectivity index (χ0) is 5.98. The summed E-state index contributed by atoms with van der Waals surface area (Å²) in [4.78, 5) is 2.40. The van der Waals surface area contributed by atoms with Gasteiger partial charge in [-0.1, -0.05) is 19.8 Å². The number of hydrogen-bond donors (Lipinski definition) is 0. The lowest BCUT2D eigenvalue weighted by Gasteiger charge is -1.92. The van der Waals surface area contributed by atoms with E-state index in [1.165, 1.54) is 25.8 Å². The van der Waals surface area contributed by atoms with Gasteiger partial charge < -0.3 is 4.90 Å². The van der Waals surface area contributed by atoms with Gasteiger partial charge in [0.1, 0.15) is 0 Å². The minimum Gasteiger partial charge on any atom is -0.301 e. The van der Waals surface area contributed by atoms with Gasteiger partial charge in [0, 0.05) is 12.6 Å². The highest BCUT2D eigenvalue weighted by atomic mass is 15.3. The zero-order valence-corrected chi connectivity index (χ0v) is 5.85. The Kier molecular flexibility index (Phi) is 1.90. The molecule has 1 aliphatic heterocycles. The highest BCUT2D eigenvalue weighted by Gasteiger charge is 2.27. The molecule has 0 N–H and O–H groups in total. The molecule has 0 bridgehead atoms. The predicted octanol–water partition coefficient (Wildman–Crippen LogP) is 1.49. The first-order chi connectivity index (χ1) is 3.84. The van der Waals surface area contributed by atoms with Gasteiger partial charge in [0.2, 0.25) is 0 Å². The summed E-state index contributed by atoms with van der Waals surface area (Å²) in [6.45, 7) is 3.60. The van der Waals surface area contributed by atoms with E-state index in [1.807, 2.05) is 0 Å². The second-order valence-electron chi connectivity index (χ2n) is 2.74. The molecule has 48 valence electrons. The summed E-state index contributed by atoms with van der Waals surface area (Å²) in [6.07, 6.45) is 4.19. The van der Waals surface area contributed by atoms with Crippen LogP contribution >= 0.6 is 0 Å². The maximum absolute atomic E-state index is 2.40. The van der Waals surface area contributed by atoms with Crippen molar-refractivity contribution in [3.8, 4) is 0 Å². The molecule has 1 heterocycles. The van der Waals surface area contributed by atoms with Crippen LogP contribution in [0.5, 0.6) is 0 Å². The number of nitrogens with zero attached hydrogens (tertiary/aromatic N) is 1. The van der Waals surface area contributed by atoms with Crippen molar-refractivity contribution in [1.29, 1.82) is 0 Å². The van der Waals surface area contributed by atoms with Crippen LogP contribution in [-0.4, -0.2) is 24.5 Å². The first-order valence-corrected chi connectivity index (χ1v) is 3.55. The van der Waals surface area contributed by atoms with Crippen LogP contribution in [0.2, 0.25) is 0 Å². The molecule has 1 aliphatic rings. The molecule has 8 heavy (non-hydrogen) atoms.